The van der Waals surface area contributed by atoms with E-state index in [1.807, 2.05) is 24.3 Å². The molecular formula is C23H20ClN3O3. The van der Waals surface area contributed by atoms with Crippen molar-refractivity contribution in [2.45, 2.75) is 19.1 Å². The summed E-state index contributed by atoms with van der Waals surface area (Å²) in [6, 6.07) is 18.2. The molecule has 1 unspecified atom stereocenters. The van der Waals surface area contributed by atoms with Crippen molar-refractivity contribution < 1.29 is 13.9 Å². The molecule has 0 bridgehead atoms. The molecule has 2 aromatic carbocycles. The molecule has 1 saturated heterocycles. The molecule has 6 nitrogen and oxygen atoms in total. The maximum absolute atomic E-state index is 12.1. The van der Waals surface area contributed by atoms with Gasteiger partial charge in [-0.15, -0.1) is 0 Å². The summed E-state index contributed by atoms with van der Waals surface area (Å²) in [4.78, 5) is 14.4. The molecule has 1 aliphatic rings. The van der Waals surface area contributed by atoms with Gasteiger partial charge in [0.1, 0.15) is 11.9 Å². The number of amides is 1. The van der Waals surface area contributed by atoms with Crippen molar-refractivity contribution in [1.29, 1.82) is 5.26 Å². The van der Waals surface area contributed by atoms with Crippen molar-refractivity contribution >= 4 is 23.2 Å². The third-order valence-electron chi connectivity index (χ3n) is 4.95. The van der Waals surface area contributed by atoms with Crippen molar-refractivity contribution in [1.82, 2.24) is 4.90 Å². The van der Waals surface area contributed by atoms with E-state index >= 15 is 0 Å². The largest absolute Gasteiger partial charge is 0.487 e. The van der Waals surface area contributed by atoms with Gasteiger partial charge in [0.25, 0.3) is 5.91 Å². The molecule has 7 heteroatoms. The molecule has 1 aromatic heterocycles. The molecule has 0 aliphatic carbocycles. The molecule has 4 rings (SSSR count). The summed E-state index contributed by atoms with van der Waals surface area (Å²) in [6.07, 6.45) is 2.40. The zero-order valence-electron chi connectivity index (χ0n) is 16.2. The Kier molecular flexibility index (Phi) is 6.03. The lowest BCUT2D eigenvalue weighted by atomic mass is 10.1. The van der Waals surface area contributed by atoms with Crippen molar-refractivity contribution in [3.05, 3.63) is 82.8 Å². The van der Waals surface area contributed by atoms with Gasteiger partial charge in [-0.05, 0) is 54.4 Å². The molecule has 0 radical (unpaired) electrons. The zero-order valence-corrected chi connectivity index (χ0v) is 16.9. The molecule has 3 aromatic rings. The van der Waals surface area contributed by atoms with Crippen molar-refractivity contribution in [3.8, 4) is 11.8 Å². The van der Waals surface area contributed by atoms with Crippen LogP contribution < -0.4 is 10.1 Å². The van der Waals surface area contributed by atoms with Gasteiger partial charge in [-0.1, -0.05) is 23.7 Å². The Hall–Kier alpha value is -3.27. The number of halogens is 1. The number of nitrogens with zero attached hydrogens (tertiary/aromatic N) is 2. The van der Waals surface area contributed by atoms with Gasteiger partial charge >= 0.3 is 0 Å². The number of anilines is 1. The number of carbonyl (C=O) groups is 1. The van der Waals surface area contributed by atoms with Crippen molar-refractivity contribution in [2.75, 3.05) is 18.4 Å². The van der Waals surface area contributed by atoms with E-state index in [-0.39, 0.29) is 17.8 Å². The molecule has 0 saturated carbocycles. The van der Waals surface area contributed by atoms with E-state index in [4.69, 9.17) is 26.0 Å². The van der Waals surface area contributed by atoms with Crippen LogP contribution in [0.2, 0.25) is 5.02 Å². The summed E-state index contributed by atoms with van der Waals surface area (Å²) in [5.41, 5.74) is 2.41. The predicted molar refractivity (Wildman–Crippen MR) is 114 cm³/mol. The summed E-state index contributed by atoms with van der Waals surface area (Å²) in [5.74, 6) is 0.497. The number of likely N-dealkylation sites (tertiary alicyclic amines) is 1. The van der Waals surface area contributed by atoms with Gasteiger partial charge in [0.2, 0.25) is 0 Å². The average molecular weight is 422 g/mol. The van der Waals surface area contributed by atoms with E-state index in [1.165, 1.54) is 11.8 Å². The van der Waals surface area contributed by atoms with Gasteiger partial charge in [0.15, 0.2) is 5.76 Å². The fourth-order valence-electron chi connectivity index (χ4n) is 3.43. The summed E-state index contributed by atoms with van der Waals surface area (Å²) < 4.78 is 11.2. The van der Waals surface area contributed by atoms with Crippen LogP contribution in [0.4, 0.5) is 5.69 Å². The zero-order chi connectivity index (χ0) is 20.9. The molecule has 152 valence electrons. The van der Waals surface area contributed by atoms with Crippen LogP contribution in [0.25, 0.3) is 0 Å². The second-order valence-electron chi connectivity index (χ2n) is 7.15. The molecule has 1 fully saturated rings. The normalized spacial score (nSPS) is 16.2. The van der Waals surface area contributed by atoms with E-state index < -0.39 is 0 Å². The van der Waals surface area contributed by atoms with Crippen LogP contribution in [0.3, 0.4) is 0 Å². The second-order valence-corrected chi connectivity index (χ2v) is 7.56. The average Bonchev–Trinajstić information content (AvgIpc) is 3.43. The number of rotatable bonds is 6. The minimum atomic E-state index is -0.334. The maximum Gasteiger partial charge on any atom is 0.291 e. The highest BCUT2D eigenvalue weighted by Gasteiger charge is 2.24. The molecule has 1 N–H and O–H groups in total. The Morgan fingerprint density at radius 2 is 2.10 bits per heavy atom. The Morgan fingerprint density at radius 3 is 2.80 bits per heavy atom. The Labute approximate surface area is 179 Å². The third-order valence-corrected chi connectivity index (χ3v) is 5.24. The van der Waals surface area contributed by atoms with Crippen LogP contribution in [-0.2, 0) is 6.54 Å². The Morgan fingerprint density at radius 1 is 1.27 bits per heavy atom. The van der Waals surface area contributed by atoms with E-state index in [0.29, 0.717) is 22.0 Å². The number of furan rings is 1. The third kappa shape index (κ3) is 4.82. The lowest BCUT2D eigenvalue weighted by Crippen LogP contribution is -2.24. The molecule has 2 heterocycles. The summed E-state index contributed by atoms with van der Waals surface area (Å²) in [6.45, 7) is 2.55. The first-order valence-corrected chi connectivity index (χ1v) is 10.0. The summed E-state index contributed by atoms with van der Waals surface area (Å²) in [7, 11) is 0. The molecular weight excluding hydrogens is 402 g/mol. The van der Waals surface area contributed by atoms with Crippen LogP contribution in [0.1, 0.15) is 28.1 Å². The SMILES string of the molecule is N#Cc1ccc(CN2CCC(Oc3ccc(NC(=O)c4ccco4)cc3Cl)C2)cc1. The number of nitriles is 1. The van der Waals surface area contributed by atoms with Gasteiger partial charge in [-0.2, -0.15) is 5.26 Å². The minimum Gasteiger partial charge on any atom is -0.487 e. The monoisotopic (exact) mass is 421 g/mol. The highest BCUT2D eigenvalue weighted by molar-refractivity contribution is 6.32. The number of hydrogen-bond acceptors (Lipinski definition) is 5. The van der Waals surface area contributed by atoms with E-state index in [0.717, 1.165) is 26.1 Å². The fourth-order valence-corrected chi connectivity index (χ4v) is 3.66. The quantitative estimate of drug-likeness (QED) is 0.623. The van der Waals surface area contributed by atoms with Crippen LogP contribution in [0.15, 0.2) is 65.3 Å². The van der Waals surface area contributed by atoms with Gasteiger partial charge in [-0.3, -0.25) is 9.69 Å². The second kappa shape index (κ2) is 9.04. The molecule has 1 amide bonds. The summed E-state index contributed by atoms with van der Waals surface area (Å²) in [5, 5.41) is 12.1. The maximum atomic E-state index is 12.1. The van der Waals surface area contributed by atoms with Gasteiger partial charge in [0.05, 0.1) is 22.9 Å². The van der Waals surface area contributed by atoms with E-state index in [1.54, 1.807) is 30.3 Å². The molecule has 1 atom stereocenters. The first kappa shape index (κ1) is 20.0. The summed E-state index contributed by atoms with van der Waals surface area (Å²) >= 11 is 6.37. The van der Waals surface area contributed by atoms with E-state index in [9.17, 15) is 4.79 Å². The van der Waals surface area contributed by atoms with Crippen LogP contribution >= 0.6 is 11.6 Å². The van der Waals surface area contributed by atoms with Gasteiger partial charge in [-0.25, -0.2) is 0 Å². The van der Waals surface area contributed by atoms with E-state index in [2.05, 4.69) is 16.3 Å². The van der Waals surface area contributed by atoms with Crippen LogP contribution in [0, 0.1) is 11.3 Å². The Bertz CT molecular complexity index is 1060. The predicted octanol–water partition coefficient (Wildman–Crippen LogP) is 4.71. The number of benzene rings is 2. The fraction of sp³-hybridized carbons (Fsp3) is 0.217. The lowest BCUT2D eigenvalue weighted by Gasteiger charge is -2.18. The highest BCUT2D eigenvalue weighted by atomic mass is 35.5. The number of hydrogen-bond donors (Lipinski definition) is 1. The minimum absolute atomic E-state index is 0.0458. The number of ether oxygens (including phenoxy) is 1. The smallest absolute Gasteiger partial charge is 0.291 e. The van der Waals surface area contributed by atoms with Gasteiger partial charge in [0, 0.05) is 25.3 Å². The standard InChI is InChI=1S/C23H20ClN3O3/c24-20-12-18(26-23(28)22-2-1-11-29-22)7-8-21(20)30-19-9-10-27(15-19)14-17-5-3-16(13-25)4-6-17/h1-8,11-12,19H,9-10,14-15H2,(H,26,28). The van der Waals surface area contributed by atoms with Crippen molar-refractivity contribution in [2.24, 2.45) is 0 Å². The molecule has 30 heavy (non-hydrogen) atoms. The number of nitrogens with one attached hydrogen (secondary N) is 1. The van der Waals surface area contributed by atoms with Crippen LogP contribution in [-0.4, -0.2) is 30.0 Å². The Balaban J connectivity index is 1.32. The molecule has 0 spiro atoms. The highest BCUT2D eigenvalue weighted by Crippen LogP contribution is 2.30. The van der Waals surface area contributed by atoms with Crippen molar-refractivity contribution in [3.63, 3.8) is 0 Å². The molecule has 1 aliphatic heterocycles. The lowest BCUT2D eigenvalue weighted by molar-refractivity contribution is 0.0996. The topological polar surface area (TPSA) is 78.5 Å². The number of carbonyl (C=O) groups excluding carboxylic acids is 1. The first-order chi connectivity index (χ1) is 14.6. The first-order valence-electron chi connectivity index (χ1n) is 9.63. The van der Waals surface area contributed by atoms with Gasteiger partial charge < -0.3 is 14.5 Å². The van der Waals surface area contributed by atoms with Crippen LogP contribution in [0.5, 0.6) is 5.75 Å².